The topological polar surface area (TPSA) is 149 Å². The summed E-state index contributed by atoms with van der Waals surface area (Å²) in [5.74, 6) is -5.78. The van der Waals surface area contributed by atoms with E-state index in [0.717, 1.165) is 12.1 Å². The van der Waals surface area contributed by atoms with E-state index in [1.807, 2.05) is 0 Å². The van der Waals surface area contributed by atoms with Gasteiger partial charge in [-0.15, -0.1) is 0 Å². The first-order valence-electron chi connectivity index (χ1n) is 8.74. The Balaban J connectivity index is 3.30. The molecule has 2 rings (SSSR count). The molecule has 0 unspecified atom stereocenters. The Morgan fingerprint density at radius 1 is 0.643 bits per heavy atom. The summed E-state index contributed by atoms with van der Waals surface area (Å²) in [4.78, 5) is 47.7. The van der Waals surface area contributed by atoms with Crippen molar-refractivity contribution in [2.45, 2.75) is 39.5 Å². The summed E-state index contributed by atoms with van der Waals surface area (Å²) in [5.41, 5.74) is -1.26. The summed E-state index contributed by atoms with van der Waals surface area (Å²) in [7, 11) is 0. The lowest BCUT2D eigenvalue weighted by Gasteiger charge is -2.18. The van der Waals surface area contributed by atoms with Gasteiger partial charge in [-0.25, -0.2) is 19.2 Å². The Kier molecular flexibility index (Phi) is 6.03. The maximum absolute atomic E-state index is 12.0. The Labute approximate surface area is 160 Å². The molecule has 0 atom stereocenters. The molecule has 0 amide bonds. The fourth-order valence-corrected chi connectivity index (χ4v) is 3.51. The Hall–Kier alpha value is -3.42. The zero-order valence-corrected chi connectivity index (χ0v) is 15.4. The number of carboxylic acids is 4. The average molecular weight is 388 g/mol. The number of carboxylic acid groups (broad SMARTS) is 4. The molecule has 0 aromatic heterocycles. The molecule has 0 fully saturated rings. The van der Waals surface area contributed by atoms with Gasteiger partial charge in [0.2, 0.25) is 0 Å². The third-order valence-corrected chi connectivity index (χ3v) is 4.50. The van der Waals surface area contributed by atoms with Gasteiger partial charge in [0, 0.05) is 10.8 Å². The van der Waals surface area contributed by atoms with Gasteiger partial charge >= 0.3 is 23.9 Å². The first-order valence-corrected chi connectivity index (χ1v) is 8.74. The highest BCUT2D eigenvalue weighted by Crippen LogP contribution is 2.36. The molecule has 4 N–H and O–H groups in total. The standard InChI is InChI=1S/C20H20O8/c1-3-5-9-7-11(17(21)22)16-14(20(27)28)10(6-4-2)8-12(18(23)24)15(16)13(9)19(25)26/h7-8H,3-6H2,1-2H3,(H,21,22)(H,23,24)(H,25,26)(H,27,28). The fourth-order valence-electron chi connectivity index (χ4n) is 3.51. The van der Waals surface area contributed by atoms with Crippen LogP contribution < -0.4 is 0 Å². The molecular weight excluding hydrogens is 368 g/mol. The molecule has 0 aliphatic carbocycles. The molecule has 0 radical (unpaired) electrons. The third-order valence-electron chi connectivity index (χ3n) is 4.50. The highest BCUT2D eigenvalue weighted by atomic mass is 16.4. The van der Waals surface area contributed by atoms with Crippen molar-refractivity contribution in [2.75, 3.05) is 0 Å². The van der Waals surface area contributed by atoms with E-state index in [2.05, 4.69) is 0 Å². The second-order valence-electron chi connectivity index (χ2n) is 6.39. The SMILES string of the molecule is CCCc1cc(C(=O)O)c2c(C(=O)O)c(CCC)cc(C(=O)O)c2c1C(=O)O. The molecule has 0 saturated heterocycles. The minimum atomic E-state index is -1.45. The largest absolute Gasteiger partial charge is 0.478 e. The molecule has 0 bridgehead atoms. The zero-order valence-electron chi connectivity index (χ0n) is 15.4. The van der Waals surface area contributed by atoms with Crippen LogP contribution in [0.15, 0.2) is 12.1 Å². The summed E-state index contributed by atoms with van der Waals surface area (Å²) in [5, 5.41) is 38.1. The van der Waals surface area contributed by atoms with Gasteiger partial charge in [-0.2, -0.15) is 0 Å². The van der Waals surface area contributed by atoms with E-state index in [1.165, 1.54) is 0 Å². The van der Waals surface area contributed by atoms with Crippen LogP contribution in [0, 0.1) is 0 Å². The van der Waals surface area contributed by atoms with Crippen molar-refractivity contribution in [2.24, 2.45) is 0 Å². The van der Waals surface area contributed by atoms with Crippen molar-refractivity contribution in [3.05, 3.63) is 45.5 Å². The second kappa shape index (κ2) is 8.08. The molecule has 2 aromatic rings. The monoisotopic (exact) mass is 388 g/mol. The molecule has 148 valence electrons. The van der Waals surface area contributed by atoms with Gasteiger partial charge in [0.25, 0.3) is 0 Å². The highest BCUT2D eigenvalue weighted by molar-refractivity contribution is 6.23. The Morgan fingerprint density at radius 2 is 0.964 bits per heavy atom. The number of benzene rings is 2. The number of fused-ring (bicyclic) bond motifs is 1. The number of rotatable bonds is 8. The van der Waals surface area contributed by atoms with Crippen LogP contribution in [-0.2, 0) is 12.8 Å². The quantitative estimate of drug-likeness (QED) is 0.536. The Morgan fingerprint density at radius 3 is 1.18 bits per heavy atom. The zero-order chi connectivity index (χ0) is 21.2. The van der Waals surface area contributed by atoms with Crippen molar-refractivity contribution >= 4 is 34.6 Å². The molecule has 0 saturated carbocycles. The van der Waals surface area contributed by atoms with Crippen LogP contribution in [0.3, 0.4) is 0 Å². The number of aromatic carboxylic acids is 4. The molecule has 28 heavy (non-hydrogen) atoms. The van der Waals surface area contributed by atoms with E-state index < -0.39 is 35.0 Å². The fraction of sp³-hybridized carbons (Fsp3) is 0.300. The van der Waals surface area contributed by atoms with Gasteiger partial charge in [-0.3, -0.25) is 0 Å². The predicted octanol–water partition coefficient (Wildman–Crippen LogP) is 3.54. The van der Waals surface area contributed by atoms with Crippen LogP contribution in [-0.4, -0.2) is 44.3 Å². The lowest BCUT2D eigenvalue weighted by Crippen LogP contribution is -2.16. The number of hydrogen-bond acceptors (Lipinski definition) is 4. The van der Waals surface area contributed by atoms with Crippen molar-refractivity contribution in [3.63, 3.8) is 0 Å². The van der Waals surface area contributed by atoms with E-state index >= 15 is 0 Å². The summed E-state index contributed by atoms with van der Waals surface area (Å²) in [6, 6.07) is 2.29. The van der Waals surface area contributed by atoms with Gasteiger partial charge in [0.1, 0.15) is 0 Å². The average Bonchev–Trinajstić information content (AvgIpc) is 2.59. The van der Waals surface area contributed by atoms with Gasteiger partial charge in [-0.1, -0.05) is 26.7 Å². The molecule has 0 aliphatic heterocycles. The third kappa shape index (κ3) is 3.53. The van der Waals surface area contributed by atoms with Crippen molar-refractivity contribution < 1.29 is 39.6 Å². The van der Waals surface area contributed by atoms with Crippen LogP contribution in [0.4, 0.5) is 0 Å². The maximum Gasteiger partial charge on any atom is 0.336 e. The molecule has 8 nitrogen and oxygen atoms in total. The van der Waals surface area contributed by atoms with E-state index in [9.17, 15) is 39.6 Å². The van der Waals surface area contributed by atoms with Crippen LogP contribution in [0.1, 0.15) is 79.2 Å². The summed E-state index contributed by atoms with van der Waals surface area (Å²) in [6.45, 7) is 3.53. The molecule has 8 heteroatoms. The van der Waals surface area contributed by atoms with E-state index in [4.69, 9.17) is 0 Å². The second-order valence-corrected chi connectivity index (χ2v) is 6.39. The molecular formula is C20H20O8. The number of carbonyl (C=O) groups is 4. The number of hydrogen-bond donors (Lipinski definition) is 4. The van der Waals surface area contributed by atoms with Crippen LogP contribution in [0.2, 0.25) is 0 Å². The summed E-state index contributed by atoms with van der Waals surface area (Å²) in [6.07, 6.45) is 1.39. The van der Waals surface area contributed by atoms with Crippen molar-refractivity contribution in [3.8, 4) is 0 Å². The van der Waals surface area contributed by atoms with Crippen LogP contribution in [0.5, 0.6) is 0 Å². The number of aryl methyl sites for hydroxylation is 2. The van der Waals surface area contributed by atoms with Gasteiger partial charge in [-0.05, 0) is 36.1 Å². The molecule has 0 spiro atoms. The van der Waals surface area contributed by atoms with E-state index in [-0.39, 0.29) is 45.9 Å². The van der Waals surface area contributed by atoms with Crippen LogP contribution >= 0.6 is 0 Å². The van der Waals surface area contributed by atoms with Crippen LogP contribution in [0.25, 0.3) is 10.8 Å². The minimum Gasteiger partial charge on any atom is -0.478 e. The highest BCUT2D eigenvalue weighted by Gasteiger charge is 2.29. The first kappa shape index (κ1) is 20.9. The molecule has 0 aliphatic rings. The summed E-state index contributed by atoms with van der Waals surface area (Å²) >= 11 is 0. The summed E-state index contributed by atoms with van der Waals surface area (Å²) < 4.78 is 0. The smallest absolute Gasteiger partial charge is 0.336 e. The molecule has 2 aromatic carbocycles. The van der Waals surface area contributed by atoms with Gasteiger partial charge < -0.3 is 20.4 Å². The van der Waals surface area contributed by atoms with Gasteiger partial charge in [0.15, 0.2) is 0 Å². The van der Waals surface area contributed by atoms with Crippen molar-refractivity contribution in [1.82, 2.24) is 0 Å². The minimum absolute atomic E-state index is 0.155. The maximum atomic E-state index is 12.0. The molecule has 0 heterocycles. The lowest BCUT2D eigenvalue weighted by molar-refractivity contribution is 0.0674. The van der Waals surface area contributed by atoms with E-state index in [0.29, 0.717) is 12.8 Å². The lowest BCUT2D eigenvalue weighted by atomic mass is 9.84. The van der Waals surface area contributed by atoms with E-state index in [1.54, 1.807) is 13.8 Å². The predicted molar refractivity (Wildman–Crippen MR) is 99.8 cm³/mol. The Bertz CT molecular complexity index is 922. The van der Waals surface area contributed by atoms with Gasteiger partial charge in [0.05, 0.1) is 22.3 Å². The normalized spacial score (nSPS) is 10.8. The first-order chi connectivity index (χ1) is 13.1. The van der Waals surface area contributed by atoms with Crippen molar-refractivity contribution in [1.29, 1.82) is 0 Å².